The zero-order valence-electron chi connectivity index (χ0n) is 10.8. The molecule has 3 nitrogen and oxygen atoms in total. The van der Waals surface area contributed by atoms with Crippen LogP contribution in [-0.4, -0.2) is 23.7 Å². The van der Waals surface area contributed by atoms with Crippen molar-refractivity contribution in [1.82, 2.24) is 10.3 Å². The summed E-state index contributed by atoms with van der Waals surface area (Å²) in [6, 6.07) is 0.282. The Morgan fingerprint density at radius 3 is 2.75 bits per heavy atom. The topological polar surface area (TPSA) is 34.1 Å². The van der Waals surface area contributed by atoms with Gasteiger partial charge in [0.1, 0.15) is 0 Å². The van der Waals surface area contributed by atoms with Crippen LogP contribution in [0.2, 0.25) is 0 Å². The number of aromatic nitrogens is 1. The number of rotatable bonds is 6. The van der Waals surface area contributed by atoms with Crippen LogP contribution >= 0.6 is 11.3 Å². The molecule has 0 bridgehead atoms. The minimum Gasteiger partial charge on any atom is -0.375 e. The van der Waals surface area contributed by atoms with Gasteiger partial charge in [-0.15, -0.1) is 11.3 Å². The van der Waals surface area contributed by atoms with Crippen LogP contribution in [0.15, 0.2) is 5.38 Å². The zero-order valence-corrected chi connectivity index (χ0v) is 11.6. The Morgan fingerprint density at radius 2 is 2.25 bits per heavy atom. The minimum atomic E-state index is -0.117. The standard InChI is InChI=1S/C12H22N2OS/c1-6-15-12(4,5)8-13-9(2)11-7-16-10(3)14-11/h7,9,13H,6,8H2,1-5H3. The molecule has 0 radical (unpaired) electrons. The molecule has 0 fully saturated rings. The molecule has 1 N–H and O–H groups in total. The number of ether oxygens (including phenoxy) is 1. The molecule has 1 aromatic rings. The fraction of sp³-hybridized carbons (Fsp3) is 0.750. The Bertz CT molecular complexity index is 323. The maximum Gasteiger partial charge on any atom is 0.0898 e. The van der Waals surface area contributed by atoms with E-state index in [-0.39, 0.29) is 11.6 Å². The number of nitrogens with one attached hydrogen (secondary N) is 1. The Morgan fingerprint density at radius 1 is 1.56 bits per heavy atom. The number of hydrogen-bond acceptors (Lipinski definition) is 4. The van der Waals surface area contributed by atoms with Crippen molar-refractivity contribution in [2.75, 3.05) is 13.2 Å². The Balaban J connectivity index is 2.43. The first kappa shape index (κ1) is 13.6. The van der Waals surface area contributed by atoms with Gasteiger partial charge < -0.3 is 10.1 Å². The second-order valence-corrected chi connectivity index (χ2v) is 5.65. The van der Waals surface area contributed by atoms with Crippen LogP contribution < -0.4 is 5.32 Å². The lowest BCUT2D eigenvalue weighted by molar-refractivity contribution is -0.0103. The molecule has 1 aromatic heterocycles. The number of thiazole rings is 1. The van der Waals surface area contributed by atoms with Gasteiger partial charge in [-0.3, -0.25) is 0 Å². The lowest BCUT2D eigenvalue weighted by Crippen LogP contribution is -2.38. The molecule has 0 aromatic carbocycles. The molecular weight excluding hydrogens is 220 g/mol. The SMILES string of the molecule is CCOC(C)(C)CNC(C)c1csc(C)n1. The summed E-state index contributed by atoms with van der Waals surface area (Å²) in [5.41, 5.74) is 1.00. The van der Waals surface area contributed by atoms with E-state index >= 15 is 0 Å². The number of aryl methyl sites for hydroxylation is 1. The normalized spacial score (nSPS) is 14.1. The van der Waals surface area contributed by atoms with Crippen molar-refractivity contribution >= 4 is 11.3 Å². The van der Waals surface area contributed by atoms with E-state index in [0.29, 0.717) is 0 Å². The van der Waals surface area contributed by atoms with Crippen LogP contribution in [0.1, 0.15) is 44.4 Å². The third-order valence-corrected chi connectivity index (χ3v) is 3.24. The third kappa shape index (κ3) is 4.20. The Kier molecular flexibility index (Phi) is 4.89. The first-order chi connectivity index (χ1) is 7.44. The second kappa shape index (κ2) is 5.75. The quantitative estimate of drug-likeness (QED) is 0.833. The lowest BCUT2D eigenvalue weighted by Gasteiger charge is -2.26. The summed E-state index contributed by atoms with van der Waals surface area (Å²) in [5.74, 6) is 0. The summed E-state index contributed by atoms with van der Waals surface area (Å²) in [6.07, 6.45) is 0. The van der Waals surface area contributed by atoms with Gasteiger partial charge in [0.15, 0.2) is 0 Å². The predicted molar refractivity (Wildman–Crippen MR) is 69.0 cm³/mol. The van der Waals surface area contributed by atoms with Gasteiger partial charge in [-0.1, -0.05) is 0 Å². The van der Waals surface area contributed by atoms with Crippen LogP contribution in [0, 0.1) is 6.92 Å². The maximum absolute atomic E-state index is 5.64. The molecule has 0 saturated carbocycles. The average Bonchev–Trinajstić information content (AvgIpc) is 2.61. The highest BCUT2D eigenvalue weighted by Gasteiger charge is 2.19. The Hall–Kier alpha value is -0.450. The molecule has 0 amide bonds. The number of nitrogens with zero attached hydrogens (tertiary/aromatic N) is 1. The first-order valence-electron chi connectivity index (χ1n) is 5.74. The molecule has 0 aliphatic carbocycles. The largest absolute Gasteiger partial charge is 0.375 e. The molecule has 0 saturated heterocycles. The summed E-state index contributed by atoms with van der Waals surface area (Å²) < 4.78 is 5.64. The summed E-state index contributed by atoms with van der Waals surface area (Å²) in [4.78, 5) is 4.47. The van der Waals surface area contributed by atoms with Gasteiger partial charge in [0.05, 0.1) is 16.3 Å². The monoisotopic (exact) mass is 242 g/mol. The molecular formula is C12H22N2OS. The summed E-state index contributed by atoms with van der Waals surface area (Å²) in [5, 5.41) is 6.69. The summed E-state index contributed by atoms with van der Waals surface area (Å²) in [7, 11) is 0. The van der Waals surface area contributed by atoms with Crippen molar-refractivity contribution in [2.45, 2.75) is 46.3 Å². The molecule has 1 rings (SSSR count). The molecule has 1 unspecified atom stereocenters. The number of hydrogen-bond donors (Lipinski definition) is 1. The van der Waals surface area contributed by atoms with Crippen molar-refractivity contribution in [2.24, 2.45) is 0 Å². The Labute approximate surface area is 102 Å². The average molecular weight is 242 g/mol. The van der Waals surface area contributed by atoms with Crippen LogP contribution in [0.25, 0.3) is 0 Å². The summed E-state index contributed by atoms with van der Waals surface area (Å²) in [6.45, 7) is 12.0. The fourth-order valence-electron chi connectivity index (χ4n) is 1.52. The van der Waals surface area contributed by atoms with Crippen molar-refractivity contribution < 1.29 is 4.74 Å². The van der Waals surface area contributed by atoms with Gasteiger partial charge in [0.2, 0.25) is 0 Å². The molecule has 0 aliphatic heterocycles. The van der Waals surface area contributed by atoms with E-state index in [1.165, 1.54) is 0 Å². The first-order valence-corrected chi connectivity index (χ1v) is 6.62. The van der Waals surface area contributed by atoms with Gasteiger partial charge in [-0.25, -0.2) is 4.98 Å². The van der Waals surface area contributed by atoms with E-state index in [1.807, 2.05) is 13.8 Å². The van der Waals surface area contributed by atoms with E-state index in [1.54, 1.807) is 11.3 Å². The van der Waals surface area contributed by atoms with Crippen LogP contribution in [0.3, 0.4) is 0 Å². The molecule has 1 atom stereocenters. The minimum absolute atomic E-state index is 0.117. The van der Waals surface area contributed by atoms with E-state index in [2.05, 4.69) is 36.5 Å². The van der Waals surface area contributed by atoms with Crippen LogP contribution in [-0.2, 0) is 4.74 Å². The highest BCUT2D eigenvalue weighted by molar-refractivity contribution is 7.09. The molecule has 1 heterocycles. The van der Waals surface area contributed by atoms with Gasteiger partial charge in [-0.2, -0.15) is 0 Å². The highest BCUT2D eigenvalue weighted by Crippen LogP contribution is 2.17. The van der Waals surface area contributed by atoms with E-state index in [4.69, 9.17) is 4.74 Å². The zero-order chi connectivity index (χ0) is 12.2. The van der Waals surface area contributed by atoms with Gasteiger partial charge in [-0.05, 0) is 34.6 Å². The van der Waals surface area contributed by atoms with Gasteiger partial charge >= 0.3 is 0 Å². The highest BCUT2D eigenvalue weighted by atomic mass is 32.1. The third-order valence-electron chi connectivity index (χ3n) is 2.45. The molecule has 0 spiro atoms. The van der Waals surface area contributed by atoms with E-state index in [0.717, 1.165) is 23.9 Å². The second-order valence-electron chi connectivity index (χ2n) is 4.59. The molecule has 0 aliphatic rings. The fourth-order valence-corrected chi connectivity index (χ4v) is 2.23. The van der Waals surface area contributed by atoms with Crippen LogP contribution in [0.4, 0.5) is 0 Å². The smallest absolute Gasteiger partial charge is 0.0898 e. The lowest BCUT2D eigenvalue weighted by atomic mass is 10.1. The van der Waals surface area contributed by atoms with E-state index < -0.39 is 0 Å². The summed E-state index contributed by atoms with van der Waals surface area (Å²) >= 11 is 1.69. The van der Waals surface area contributed by atoms with Gasteiger partial charge in [0.25, 0.3) is 0 Å². The van der Waals surface area contributed by atoms with Crippen molar-refractivity contribution in [3.63, 3.8) is 0 Å². The van der Waals surface area contributed by atoms with Crippen molar-refractivity contribution in [3.8, 4) is 0 Å². The molecule has 92 valence electrons. The van der Waals surface area contributed by atoms with Gasteiger partial charge in [0, 0.05) is 24.6 Å². The van der Waals surface area contributed by atoms with Crippen LogP contribution in [0.5, 0.6) is 0 Å². The maximum atomic E-state index is 5.64. The van der Waals surface area contributed by atoms with Crippen molar-refractivity contribution in [1.29, 1.82) is 0 Å². The molecule has 16 heavy (non-hydrogen) atoms. The molecule has 4 heteroatoms. The van der Waals surface area contributed by atoms with E-state index in [9.17, 15) is 0 Å². The predicted octanol–water partition coefficient (Wildman–Crippen LogP) is 2.92. The van der Waals surface area contributed by atoms with Crippen molar-refractivity contribution in [3.05, 3.63) is 16.1 Å².